The van der Waals surface area contributed by atoms with Crippen LogP contribution in [0.2, 0.25) is 0 Å². The Morgan fingerprint density at radius 1 is 0.370 bits per heavy atom. The fraction of sp³-hybridized carbons (Fsp3) is 0.881. The molecule has 0 aliphatic carbocycles. The van der Waals surface area contributed by atoms with E-state index in [2.05, 4.69) is 43.5 Å². The number of esters is 1. The third-order valence-corrected chi connectivity index (χ3v) is 15.1. The topological polar surface area (TPSA) is 95.9 Å². The summed E-state index contributed by atoms with van der Waals surface area (Å²) in [6.45, 7) is 4.90. The minimum Gasteiger partial charge on any atom is -0.466 e. The summed E-state index contributed by atoms with van der Waals surface area (Å²) in [4.78, 5) is 24.6. The van der Waals surface area contributed by atoms with Crippen molar-refractivity contribution >= 4 is 11.9 Å². The average molecular weight is 1030 g/mol. The molecule has 0 bridgehead atoms. The quantitative estimate of drug-likeness (QED) is 0.0320. The van der Waals surface area contributed by atoms with E-state index in [0.717, 1.165) is 64.2 Å². The van der Waals surface area contributed by atoms with Gasteiger partial charge in [0.05, 0.1) is 25.4 Å². The molecule has 3 N–H and O–H groups in total. The Balaban J connectivity index is 3.48. The molecule has 0 saturated heterocycles. The molecule has 1 amide bonds. The van der Waals surface area contributed by atoms with E-state index in [4.69, 9.17) is 4.74 Å². The zero-order valence-electron chi connectivity index (χ0n) is 49.1. The van der Waals surface area contributed by atoms with E-state index < -0.39 is 12.1 Å². The molecule has 0 radical (unpaired) electrons. The summed E-state index contributed by atoms with van der Waals surface area (Å²) in [5, 5.41) is 23.2. The van der Waals surface area contributed by atoms with Crippen LogP contribution in [0.1, 0.15) is 354 Å². The van der Waals surface area contributed by atoms with Crippen molar-refractivity contribution in [2.24, 2.45) is 0 Å². The third kappa shape index (κ3) is 59.2. The van der Waals surface area contributed by atoms with E-state index in [9.17, 15) is 19.8 Å². The Morgan fingerprint density at radius 2 is 0.644 bits per heavy atom. The van der Waals surface area contributed by atoms with Crippen LogP contribution in [0.4, 0.5) is 0 Å². The van der Waals surface area contributed by atoms with Gasteiger partial charge in [0.2, 0.25) is 5.91 Å². The monoisotopic (exact) mass is 1030 g/mol. The average Bonchev–Trinajstić information content (AvgIpc) is 3.39. The van der Waals surface area contributed by atoms with Crippen molar-refractivity contribution < 1.29 is 24.5 Å². The molecule has 6 nitrogen and oxygen atoms in total. The van der Waals surface area contributed by atoms with Gasteiger partial charge in [0.25, 0.3) is 0 Å². The number of carbonyl (C=O) groups is 2. The molecule has 73 heavy (non-hydrogen) atoms. The van der Waals surface area contributed by atoms with Gasteiger partial charge in [0.15, 0.2) is 0 Å². The Labute approximate surface area is 455 Å². The van der Waals surface area contributed by atoms with Crippen molar-refractivity contribution in [3.05, 3.63) is 36.5 Å². The van der Waals surface area contributed by atoms with Gasteiger partial charge in [-0.1, -0.05) is 294 Å². The number of ether oxygens (including phenoxy) is 1. The SMILES string of the molecule is CCCCCCCC/C=C\CCCCCCCCCCCC(=O)OCCCCCCCCC/C=C\CCCCCCCC(=O)NC(CO)C(O)/C=C/CCCCCCCCCCCCCCCCCCCCC. The highest BCUT2D eigenvalue weighted by Crippen LogP contribution is 2.17. The number of amides is 1. The lowest BCUT2D eigenvalue weighted by Crippen LogP contribution is -2.45. The van der Waals surface area contributed by atoms with Gasteiger partial charge in [0.1, 0.15) is 0 Å². The first kappa shape index (κ1) is 71.1. The number of rotatable bonds is 61. The Kier molecular flexibility index (Phi) is 61.0. The normalized spacial score (nSPS) is 12.8. The molecule has 0 rings (SSSR count). The maximum atomic E-state index is 12.5. The van der Waals surface area contributed by atoms with E-state index in [0.29, 0.717) is 19.4 Å². The molecule has 0 heterocycles. The molecule has 0 spiro atoms. The summed E-state index contributed by atoms with van der Waals surface area (Å²) >= 11 is 0. The zero-order valence-corrected chi connectivity index (χ0v) is 49.1. The van der Waals surface area contributed by atoms with Crippen LogP contribution in [0, 0.1) is 0 Å². The van der Waals surface area contributed by atoms with Gasteiger partial charge in [-0.25, -0.2) is 0 Å². The van der Waals surface area contributed by atoms with Crippen LogP contribution in [0.5, 0.6) is 0 Å². The van der Waals surface area contributed by atoms with Crippen LogP contribution < -0.4 is 5.32 Å². The molecule has 0 saturated carbocycles. The fourth-order valence-electron chi connectivity index (χ4n) is 10.1. The molecule has 430 valence electrons. The second kappa shape index (κ2) is 62.6. The number of unbranched alkanes of at least 4 members (excludes halogenated alkanes) is 46. The molecule has 6 heteroatoms. The number of nitrogens with one attached hydrogen (secondary N) is 1. The smallest absolute Gasteiger partial charge is 0.305 e. The van der Waals surface area contributed by atoms with Crippen molar-refractivity contribution in [3.8, 4) is 0 Å². The molecule has 2 unspecified atom stereocenters. The second-order valence-electron chi connectivity index (χ2n) is 22.4. The largest absolute Gasteiger partial charge is 0.466 e. The fourth-order valence-corrected chi connectivity index (χ4v) is 10.1. The first-order valence-electron chi connectivity index (χ1n) is 32.8. The number of aliphatic hydroxyl groups is 2. The van der Waals surface area contributed by atoms with Crippen molar-refractivity contribution in [1.82, 2.24) is 5.32 Å². The first-order chi connectivity index (χ1) is 36.0. The number of hydrogen-bond donors (Lipinski definition) is 3. The molecule has 0 aliphatic heterocycles. The summed E-state index contributed by atoms with van der Waals surface area (Å²) in [6.07, 6.45) is 79.0. The van der Waals surface area contributed by atoms with E-state index in [1.54, 1.807) is 6.08 Å². The third-order valence-electron chi connectivity index (χ3n) is 15.1. The summed E-state index contributed by atoms with van der Waals surface area (Å²) in [6, 6.07) is -0.642. The maximum absolute atomic E-state index is 12.5. The van der Waals surface area contributed by atoms with E-state index in [-0.39, 0.29) is 18.5 Å². The highest BCUT2D eigenvalue weighted by Gasteiger charge is 2.18. The Morgan fingerprint density at radius 3 is 0.973 bits per heavy atom. The number of aliphatic hydroxyl groups excluding tert-OH is 2. The molecular formula is C67H127NO5. The zero-order chi connectivity index (χ0) is 52.9. The number of allylic oxidation sites excluding steroid dienone is 5. The van der Waals surface area contributed by atoms with Crippen LogP contribution in [-0.2, 0) is 14.3 Å². The van der Waals surface area contributed by atoms with Crippen molar-refractivity contribution in [1.29, 1.82) is 0 Å². The lowest BCUT2D eigenvalue weighted by molar-refractivity contribution is -0.143. The highest BCUT2D eigenvalue weighted by atomic mass is 16.5. The Bertz CT molecular complexity index is 1180. The predicted octanol–water partition coefficient (Wildman–Crippen LogP) is 20.8. The number of hydrogen-bond acceptors (Lipinski definition) is 5. The van der Waals surface area contributed by atoms with Crippen LogP contribution in [-0.4, -0.2) is 47.4 Å². The van der Waals surface area contributed by atoms with Gasteiger partial charge in [-0.05, 0) is 83.5 Å². The Hall–Kier alpha value is -1.92. The minimum absolute atomic E-state index is 0.00378. The van der Waals surface area contributed by atoms with Crippen LogP contribution in [0.15, 0.2) is 36.5 Å². The summed E-state index contributed by atoms with van der Waals surface area (Å²) in [7, 11) is 0. The summed E-state index contributed by atoms with van der Waals surface area (Å²) < 4.78 is 5.49. The maximum Gasteiger partial charge on any atom is 0.305 e. The predicted molar refractivity (Wildman–Crippen MR) is 319 cm³/mol. The van der Waals surface area contributed by atoms with Crippen molar-refractivity contribution in [3.63, 3.8) is 0 Å². The molecule has 0 aromatic heterocycles. The van der Waals surface area contributed by atoms with Gasteiger partial charge in [0, 0.05) is 12.8 Å². The second-order valence-corrected chi connectivity index (χ2v) is 22.4. The van der Waals surface area contributed by atoms with E-state index in [1.165, 1.54) is 263 Å². The van der Waals surface area contributed by atoms with Gasteiger partial charge in [-0.2, -0.15) is 0 Å². The molecule has 0 aromatic carbocycles. The number of carbonyl (C=O) groups excluding carboxylic acids is 2. The van der Waals surface area contributed by atoms with E-state index >= 15 is 0 Å². The standard InChI is InChI=1S/C67H127NO5/c1-3-5-7-9-11-13-15-17-19-21-23-24-26-27-31-35-39-43-47-51-55-59-65(70)64(63-69)68-66(71)60-56-52-48-44-40-36-32-29-30-34-38-42-46-50-54-58-62-73-67(72)61-57-53-49-45-41-37-33-28-25-22-20-18-16-14-12-10-8-6-4-2/h18,20,29,32,55,59,64-65,69-70H,3-17,19,21-28,30-31,33-54,56-58,60-63H2,1-2H3,(H,68,71)/b20-18-,32-29-,59-55+. The lowest BCUT2D eigenvalue weighted by Gasteiger charge is -2.20. The van der Waals surface area contributed by atoms with Gasteiger partial charge in [-0.3, -0.25) is 9.59 Å². The first-order valence-corrected chi connectivity index (χ1v) is 32.8. The molecular weight excluding hydrogens is 899 g/mol. The lowest BCUT2D eigenvalue weighted by atomic mass is 10.0. The van der Waals surface area contributed by atoms with Gasteiger partial charge in [-0.15, -0.1) is 0 Å². The van der Waals surface area contributed by atoms with Crippen LogP contribution in [0.25, 0.3) is 0 Å². The molecule has 0 aliphatic rings. The van der Waals surface area contributed by atoms with Crippen molar-refractivity contribution in [2.45, 2.75) is 366 Å². The molecule has 0 fully saturated rings. The van der Waals surface area contributed by atoms with Crippen LogP contribution in [0.3, 0.4) is 0 Å². The van der Waals surface area contributed by atoms with Crippen molar-refractivity contribution in [2.75, 3.05) is 13.2 Å². The summed E-state index contributed by atoms with van der Waals surface area (Å²) in [5.74, 6) is -0.0861. The van der Waals surface area contributed by atoms with Crippen LogP contribution >= 0.6 is 0 Å². The molecule has 0 aromatic rings. The minimum atomic E-state index is -0.857. The van der Waals surface area contributed by atoms with Gasteiger partial charge < -0.3 is 20.3 Å². The van der Waals surface area contributed by atoms with Gasteiger partial charge >= 0.3 is 5.97 Å². The van der Waals surface area contributed by atoms with E-state index in [1.807, 2.05) is 6.08 Å². The molecule has 2 atom stereocenters. The summed E-state index contributed by atoms with van der Waals surface area (Å²) in [5.41, 5.74) is 0. The highest BCUT2D eigenvalue weighted by molar-refractivity contribution is 5.76.